The van der Waals surface area contributed by atoms with Crippen LogP contribution >= 0.6 is 0 Å². The van der Waals surface area contributed by atoms with Gasteiger partial charge < -0.3 is 10.5 Å². The molecule has 0 aliphatic carbocycles. The Labute approximate surface area is 115 Å². The number of hydrogen-bond acceptors (Lipinski definition) is 6. The molecule has 1 aromatic heterocycles. The van der Waals surface area contributed by atoms with Crippen molar-refractivity contribution in [3.63, 3.8) is 0 Å². The second kappa shape index (κ2) is 5.21. The quantitative estimate of drug-likeness (QED) is 0.559. The van der Waals surface area contributed by atoms with Gasteiger partial charge in [0.1, 0.15) is 4.90 Å². The van der Waals surface area contributed by atoms with E-state index in [0.29, 0.717) is 0 Å². The van der Waals surface area contributed by atoms with Gasteiger partial charge >= 0.3 is 5.97 Å². The first-order valence-corrected chi connectivity index (χ1v) is 6.92. The molecule has 0 atom stereocenters. The van der Waals surface area contributed by atoms with E-state index in [0.717, 1.165) is 0 Å². The summed E-state index contributed by atoms with van der Waals surface area (Å²) in [6, 6.07) is 3.81. The van der Waals surface area contributed by atoms with Gasteiger partial charge in [-0.05, 0) is 18.2 Å². The second-order valence-electron chi connectivity index (χ2n) is 3.84. The molecule has 1 aromatic carbocycles. The first kappa shape index (κ1) is 13.9. The van der Waals surface area contributed by atoms with Crippen molar-refractivity contribution < 1.29 is 17.9 Å². The van der Waals surface area contributed by atoms with Crippen LogP contribution in [-0.2, 0) is 14.8 Å². The third-order valence-electron chi connectivity index (χ3n) is 2.47. The Morgan fingerprint density at radius 1 is 1.45 bits per heavy atom. The molecular formula is C11H12N4O4S. The van der Waals surface area contributed by atoms with Crippen molar-refractivity contribution in [1.29, 1.82) is 0 Å². The van der Waals surface area contributed by atoms with Gasteiger partial charge in [0.25, 0.3) is 10.0 Å². The second-order valence-corrected chi connectivity index (χ2v) is 5.49. The number of carbonyl (C=O) groups excluding carboxylic acids is 1. The summed E-state index contributed by atoms with van der Waals surface area (Å²) in [4.78, 5) is 11.2. The normalized spacial score (nSPS) is 11.1. The van der Waals surface area contributed by atoms with Gasteiger partial charge in [-0.3, -0.25) is 9.82 Å². The zero-order valence-electron chi connectivity index (χ0n) is 10.5. The fraction of sp³-hybridized carbons (Fsp3) is 0.0909. The molecule has 106 valence electrons. The van der Waals surface area contributed by atoms with Gasteiger partial charge in [0.05, 0.1) is 30.2 Å². The van der Waals surface area contributed by atoms with E-state index >= 15 is 0 Å². The molecule has 0 saturated carbocycles. The number of nitrogens with zero attached hydrogens (tertiary/aromatic N) is 1. The van der Waals surface area contributed by atoms with Crippen molar-refractivity contribution in [3.8, 4) is 0 Å². The van der Waals surface area contributed by atoms with E-state index in [9.17, 15) is 13.2 Å². The molecule has 0 fully saturated rings. The Kier molecular flexibility index (Phi) is 3.61. The number of nitrogens with one attached hydrogen (secondary N) is 2. The van der Waals surface area contributed by atoms with Crippen LogP contribution in [0.3, 0.4) is 0 Å². The van der Waals surface area contributed by atoms with Crippen molar-refractivity contribution in [3.05, 3.63) is 36.2 Å². The predicted octanol–water partition coefficient (Wildman–Crippen LogP) is 0.579. The third-order valence-corrected chi connectivity index (χ3v) is 3.93. The minimum atomic E-state index is -3.85. The predicted molar refractivity (Wildman–Crippen MR) is 71.6 cm³/mol. The zero-order valence-corrected chi connectivity index (χ0v) is 11.3. The maximum Gasteiger partial charge on any atom is 0.337 e. The number of aromatic amines is 1. The lowest BCUT2D eigenvalue weighted by atomic mass is 10.2. The van der Waals surface area contributed by atoms with E-state index in [-0.39, 0.29) is 21.8 Å². The molecule has 9 heteroatoms. The Bertz CT molecular complexity index is 725. The number of nitrogens with two attached hydrogens (primary N) is 1. The third kappa shape index (κ3) is 2.72. The standard InChI is InChI=1S/C11H12N4O4S/c1-19-11(16)7-2-3-10(9(12)4-7)20(17,18)15-8-5-13-14-6-8/h2-6,15H,12H2,1H3,(H,13,14). The van der Waals surface area contributed by atoms with E-state index in [4.69, 9.17) is 5.73 Å². The topological polar surface area (TPSA) is 127 Å². The summed E-state index contributed by atoms with van der Waals surface area (Å²) in [5.74, 6) is -0.594. The highest BCUT2D eigenvalue weighted by molar-refractivity contribution is 7.92. The number of carbonyl (C=O) groups is 1. The summed E-state index contributed by atoms with van der Waals surface area (Å²) < 4.78 is 31.1. The van der Waals surface area contributed by atoms with Crippen molar-refractivity contribution in [2.45, 2.75) is 4.90 Å². The molecule has 4 N–H and O–H groups in total. The van der Waals surface area contributed by atoms with Crippen molar-refractivity contribution in [2.75, 3.05) is 17.6 Å². The van der Waals surface area contributed by atoms with E-state index in [1.165, 1.54) is 37.7 Å². The molecule has 2 rings (SSSR count). The molecule has 0 bridgehead atoms. The number of benzene rings is 1. The Morgan fingerprint density at radius 3 is 2.75 bits per heavy atom. The van der Waals surface area contributed by atoms with E-state index in [1.807, 2.05) is 0 Å². The van der Waals surface area contributed by atoms with Crippen LogP contribution in [0.25, 0.3) is 0 Å². The van der Waals surface area contributed by atoms with Crippen LogP contribution in [0.1, 0.15) is 10.4 Å². The first-order valence-electron chi connectivity index (χ1n) is 5.43. The molecule has 0 aliphatic rings. The monoisotopic (exact) mass is 296 g/mol. The molecule has 0 aliphatic heterocycles. The SMILES string of the molecule is COC(=O)c1ccc(S(=O)(=O)Nc2cn[nH]c2)c(N)c1. The number of anilines is 2. The number of rotatable bonds is 4. The first-order chi connectivity index (χ1) is 9.44. The van der Waals surface area contributed by atoms with Crippen molar-refractivity contribution in [2.24, 2.45) is 0 Å². The minimum absolute atomic E-state index is 0.0519. The lowest BCUT2D eigenvalue weighted by Gasteiger charge is -2.09. The molecule has 8 nitrogen and oxygen atoms in total. The van der Waals surface area contributed by atoms with Gasteiger partial charge in [-0.2, -0.15) is 5.10 Å². The van der Waals surface area contributed by atoms with Crippen LogP contribution < -0.4 is 10.5 Å². The Balaban J connectivity index is 2.35. The van der Waals surface area contributed by atoms with E-state index in [1.54, 1.807) is 0 Å². The minimum Gasteiger partial charge on any atom is -0.465 e. The number of ether oxygens (including phenoxy) is 1. The maximum atomic E-state index is 12.1. The van der Waals surface area contributed by atoms with E-state index < -0.39 is 16.0 Å². The number of methoxy groups -OCH3 is 1. The number of esters is 1. The summed E-state index contributed by atoms with van der Waals surface area (Å²) in [5.41, 5.74) is 6.08. The molecule has 20 heavy (non-hydrogen) atoms. The van der Waals surface area contributed by atoms with Gasteiger partial charge in [-0.25, -0.2) is 13.2 Å². The number of sulfonamides is 1. The number of H-pyrrole nitrogens is 1. The summed E-state index contributed by atoms with van der Waals surface area (Å²) in [6.45, 7) is 0. The van der Waals surface area contributed by atoms with Crippen LogP contribution in [0, 0.1) is 0 Å². The molecule has 0 amide bonds. The van der Waals surface area contributed by atoms with Crippen LogP contribution in [0.5, 0.6) is 0 Å². The van der Waals surface area contributed by atoms with Crippen LogP contribution in [0.15, 0.2) is 35.5 Å². The number of aromatic nitrogens is 2. The Morgan fingerprint density at radius 2 is 2.20 bits per heavy atom. The smallest absolute Gasteiger partial charge is 0.337 e. The Hall–Kier alpha value is -2.55. The lowest BCUT2D eigenvalue weighted by molar-refractivity contribution is 0.0600. The molecule has 2 aromatic rings. The largest absolute Gasteiger partial charge is 0.465 e. The summed E-state index contributed by atoms with van der Waals surface area (Å²) in [5, 5.41) is 6.11. The highest BCUT2D eigenvalue weighted by Gasteiger charge is 2.19. The molecule has 0 radical (unpaired) electrons. The highest BCUT2D eigenvalue weighted by Crippen LogP contribution is 2.22. The average molecular weight is 296 g/mol. The van der Waals surface area contributed by atoms with Gasteiger partial charge in [-0.1, -0.05) is 0 Å². The summed E-state index contributed by atoms with van der Waals surface area (Å²) in [7, 11) is -2.62. The molecule has 0 spiro atoms. The number of hydrogen-bond donors (Lipinski definition) is 3. The fourth-order valence-electron chi connectivity index (χ4n) is 1.55. The number of nitrogen functional groups attached to an aromatic ring is 1. The molecule has 0 unspecified atom stereocenters. The average Bonchev–Trinajstić information content (AvgIpc) is 2.89. The van der Waals surface area contributed by atoms with E-state index in [2.05, 4.69) is 19.7 Å². The molecule has 1 heterocycles. The zero-order chi connectivity index (χ0) is 14.8. The lowest BCUT2D eigenvalue weighted by Crippen LogP contribution is -2.15. The van der Waals surface area contributed by atoms with Gasteiger partial charge in [-0.15, -0.1) is 0 Å². The van der Waals surface area contributed by atoms with Gasteiger partial charge in [0, 0.05) is 6.20 Å². The molecule has 0 saturated heterocycles. The summed E-state index contributed by atoms with van der Waals surface area (Å²) in [6.07, 6.45) is 2.70. The van der Waals surface area contributed by atoms with Crippen LogP contribution in [-0.4, -0.2) is 31.7 Å². The van der Waals surface area contributed by atoms with Gasteiger partial charge in [0.15, 0.2) is 0 Å². The van der Waals surface area contributed by atoms with Crippen molar-refractivity contribution in [1.82, 2.24) is 10.2 Å². The molecular weight excluding hydrogens is 284 g/mol. The highest BCUT2D eigenvalue weighted by atomic mass is 32.2. The van der Waals surface area contributed by atoms with Crippen molar-refractivity contribution >= 4 is 27.4 Å². The maximum absolute atomic E-state index is 12.1. The van der Waals surface area contributed by atoms with Crippen LogP contribution in [0.4, 0.5) is 11.4 Å². The van der Waals surface area contributed by atoms with Crippen LogP contribution in [0.2, 0.25) is 0 Å². The summed E-state index contributed by atoms with van der Waals surface area (Å²) >= 11 is 0. The van der Waals surface area contributed by atoms with Gasteiger partial charge in [0.2, 0.25) is 0 Å². The fourth-order valence-corrected chi connectivity index (χ4v) is 2.70.